The highest BCUT2D eigenvalue weighted by Crippen LogP contribution is 2.45. The van der Waals surface area contributed by atoms with Crippen molar-refractivity contribution in [3.05, 3.63) is 29.4 Å². The number of benzene rings is 1. The van der Waals surface area contributed by atoms with Crippen LogP contribution >= 0.6 is 11.3 Å². The van der Waals surface area contributed by atoms with E-state index >= 15 is 0 Å². The van der Waals surface area contributed by atoms with Crippen LogP contribution in [0.1, 0.15) is 4.88 Å². The summed E-state index contributed by atoms with van der Waals surface area (Å²) in [6.07, 6.45) is 9.01. The first-order valence-electron chi connectivity index (χ1n) is 5.68. The van der Waals surface area contributed by atoms with Gasteiger partial charge in [-0.15, -0.1) is 17.8 Å². The lowest BCUT2D eigenvalue weighted by Gasteiger charge is -2.11. The molecule has 2 aromatic heterocycles. The fourth-order valence-corrected chi connectivity index (χ4v) is 3.27. The number of fused-ring (bicyclic) bond motifs is 2. The molecule has 0 fully saturated rings. The number of rotatable bonds is 2. The topological polar surface area (TPSA) is 31.4 Å². The summed E-state index contributed by atoms with van der Waals surface area (Å²) in [7, 11) is 3.32. The number of nitrogens with zero attached hydrogens (tertiary/aromatic N) is 1. The van der Waals surface area contributed by atoms with Crippen molar-refractivity contribution in [2.75, 3.05) is 14.2 Å². The van der Waals surface area contributed by atoms with E-state index in [4.69, 9.17) is 15.9 Å². The Morgan fingerprint density at radius 3 is 2.63 bits per heavy atom. The van der Waals surface area contributed by atoms with Crippen LogP contribution in [0.15, 0.2) is 24.5 Å². The van der Waals surface area contributed by atoms with Crippen LogP contribution in [0.4, 0.5) is 0 Å². The minimum atomic E-state index is 0.789. The Morgan fingerprint density at radius 2 is 1.95 bits per heavy atom. The molecule has 4 heteroatoms. The third kappa shape index (κ3) is 1.63. The maximum absolute atomic E-state index is 5.56. The number of pyridine rings is 1. The minimum Gasteiger partial charge on any atom is -0.495 e. The summed E-state index contributed by atoms with van der Waals surface area (Å²) in [5.41, 5.74) is 0. The molecule has 0 aliphatic carbocycles. The Morgan fingerprint density at radius 1 is 1.16 bits per heavy atom. The summed E-state index contributed by atoms with van der Waals surface area (Å²) >= 11 is 1.53. The van der Waals surface area contributed by atoms with Crippen LogP contribution in [0.25, 0.3) is 20.9 Å². The lowest BCUT2D eigenvalue weighted by Crippen LogP contribution is -1.91. The molecule has 2 heterocycles. The van der Waals surface area contributed by atoms with E-state index in [1.807, 2.05) is 12.1 Å². The zero-order chi connectivity index (χ0) is 13.4. The molecule has 0 N–H and O–H groups in total. The van der Waals surface area contributed by atoms with Gasteiger partial charge < -0.3 is 9.47 Å². The second-order valence-electron chi connectivity index (χ2n) is 3.99. The molecule has 0 atom stereocenters. The van der Waals surface area contributed by atoms with Crippen LogP contribution in [0, 0.1) is 12.3 Å². The molecule has 3 nitrogen and oxygen atoms in total. The summed E-state index contributed by atoms with van der Waals surface area (Å²) < 4.78 is 12.1. The number of hydrogen-bond acceptors (Lipinski definition) is 4. The van der Waals surface area contributed by atoms with Gasteiger partial charge in [-0.2, -0.15) is 0 Å². The largest absolute Gasteiger partial charge is 0.495 e. The second-order valence-corrected chi connectivity index (χ2v) is 5.04. The van der Waals surface area contributed by atoms with Crippen molar-refractivity contribution in [1.29, 1.82) is 0 Å². The molecule has 0 unspecified atom stereocenters. The lowest BCUT2D eigenvalue weighted by molar-refractivity contribution is 0.418. The fraction of sp³-hybridized carbons (Fsp3) is 0.133. The highest BCUT2D eigenvalue weighted by atomic mass is 32.1. The maximum Gasteiger partial charge on any atom is 0.144 e. The van der Waals surface area contributed by atoms with E-state index in [2.05, 4.69) is 10.9 Å². The highest BCUT2D eigenvalue weighted by Gasteiger charge is 2.17. The summed E-state index contributed by atoms with van der Waals surface area (Å²) in [6, 6.07) is 3.87. The molecule has 0 spiro atoms. The molecular formula is C15H11NO2S. The fourth-order valence-electron chi connectivity index (χ4n) is 2.26. The van der Waals surface area contributed by atoms with Gasteiger partial charge in [0.2, 0.25) is 0 Å². The van der Waals surface area contributed by atoms with Crippen LogP contribution in [0.3, 0.4) is 0 Å². The van der Waals surface area contributed by atoms with E-state index in [0.717, 1.165) is 37.2 Å². The molecule has 0 aliphatic rings. The number of methoxy groups -OCH3 is 2. The molecule has 0 amide bonds. The average Bonchev–Trinajstić information content (AvgIpc) is 2.88. The van der Waals surface area contributed by atoms with Gasteiger partial charge in [0.1, 0.15) is 11.5 Å². The second kappa shape index (κ2) is 4.45. The summed E-state index contributed by atoms with van der Waals surface area (Å²) in [5, 5.41) is 2.88. The molecule has 0 radical (unpaired) electrons. The average molecular weight is 269 g/mol. The van der Waals surface area contributed by atoms with Crippen molar-refractivity contribution in [3.8, 4) is 23.8 Å². The number of thiophene rings is 1. The van der Waals surface area contributed by atoms with Gasteiger partial charge in [-0.3, -0.25) is 4.98 Å². The van der Waals surface area contributed by atoms with Crippen LogP contribution in [-0.4, -0.2) is 19.2 Å². The summed E-state index contributed by atoms with van der Waals surface area (Å²) in [4.78, 5) is 5.01. The van der Waals surface area contributed by atoms with Crippen molar-refractivity contribution in [1.82, 2.24) is 4.98 Å². The molecular weight excluding hydrogens is 258 g/mol. The Hall–Kier alpha value is -2.25. The standard InChI is InChI=1S/C15H11NO2S/c1-4-9-7-11-13(17-2)12-8-16-6-5-10(12)14(18-3)15(11)19-9/h1,5-8H,2-3H3. The van der Waals surface area contributed by atoms with E-state index in [-0.39, 0.29) is 0 Å². The van der Waals surface area contributed by atoms with Crippen molar-refractivity contribution >= 4 is 32.2 Å². The Labute approximate surface area is 114 Å². The normalized spacial score (nSPS) is 10.6. The highest BCUT2D eigenvalue weighted by molar-refractivity contribution is 7.20. The van der Waals surface area contributed by atoms with Gasteiger partial charge in [0, 0.05) is 28.6 Å². The van der Waals surface area contributed by atoms with E-state index in [1.165, 1.54) is 11.3 Å². The van der Waals surface area contributed by atoms with Crippen molar-refractivity contribution in [2.24, 2.45) is 0 Å². The number of terminal acetylenes is 1. The van der Waals surface area contributed by atoms with Gasteiger partial charge in [-0.25, -0.2) is 0 Å². The Balaban J connectivity index is 2.59. The van der Waals surface area contributed by atoms with Crippen LogP contribution < -0.4 is 9.47 Å². The predicted octanol–water partition coefficient (Wildman–Crippen LogP) is 3.45. The first-order valence-corrected chi connectivity index (χ1v) is 6.49. The van der Waals surface area contributed by atoms with E-state index in [9.17, 15) is 0 Å². The van der Waals surface area contributed by atoms with Crippen molar-refractivity contribution in [2.45, 2.75) is 0 Å². The lowest BCUT2D eigenvalue weighted by atomic mass is 10.1. The summed E-state index contributed by atoms with van der Waals surface area (Å²) in [6.45, 7) is 0. The molecule has 1 aromatic carbocycles. The summed E-state index contributed by atoms with van der Waals surface area (Å²) in [5.74, 6) is 4.27. The van der Waals surface area contributed by atoms with E-state index < -0.39 is 0 Å². The first-order chi connectivity index (χ1) is 9.30. The van der Waals surface area contributed by atoms with Crippen LogP contribution in [0.2, 0.25) is 0 Å². The smallest absolute Gasteiger partial charge is 0.144 e. The molecule has 3 rings (SSSR count). The van der Waals surface area contributed by atoms with Gasteiger partial charge in [-0.1, -0.05) is 5.92 Å². The third-order valence-corrected chi connectivity index (χ3v) is 4.11. The van der Waals surface area contributed by atoms with Gasteiger partial charge in [-0.05, 0) is 12.1 Å². The quantitative estimate of drug-likeness (QED) is 0.668. The molecule has 3 aromatic rings. The third-order valence-electron chi connectivity index (χ3n) is 3.04. The zero-order valence-electron chi connectivity index (χ0n) is 10.6. The SMILES string of the molecule is C#Cc1cc2c(OC)c3cnccc3c(OC)c2s1. The Kier molecular flexibility index (Phi) is 2.77. The van der Waals surface area contributed by atoms with Crippen molar-refractivity contribution < 1.29 is 9.47 Å². The predicted molar refractivity (Wildman–Crippen MR) is 78.2 cm³/mol. The van der Waals surface area contributed by atoms with E-state index in [0.29, 0.717) is 0 Å². The van der Waals surface area contributed by atoms with Crippen molar-refractivity contribution in [3.63, 3.8) is 0 Å². The number of aromatic nitrogens is 1. The van der Waals surface area contributed by atoms with Gasteiger partial charge >= 0.3 is 0 Å². The number of ether oxygens (including phenoxy) is 2. The molecule has 19 heavy (non-hydrogen) atoms. The monoisotopic (exact) mass is 269 g/mol. The maximum atomic E-state index is 5.56. The molecule has 0 bridgehead atoms. The zero-order valence-corrected chi connectivity index (χ0v) is 11.4. The van der Waals surface area contributed by atoms with Crippen LogP contribution in [0.5, 0.6) is 11.5 Å². The van der Waals surface area contributed by atoms with E-state index in [1.54, 1.807) is 26.6 Å². The van der Waals surface area contributed by atoms with Gasteiger partial charge in [0.05, 0.1) is 23.8 Å². The molecule has 0 aliphatic heterocycles. The number of hydrogen-bond donors (Lipinski definition) is 0. The Bertz CT molecular complexity index is 754. The minimum absolute atomic E-state index is 0.789. The van der Waals surface area contributed by atoms with Crippen LogP contribution in [-0.2, 0) is 0 Å². The molecule has 0 saturated carbocycles. The first kappa shape index (κ1) is 11.8. The molecule has 94 valence electrons. The molecule has 0 saturated heterocycles. The van der Waals surface area contributed by atoms with Gasteiger partial charge in [0.25, 0.3) is 0 Å². The van der Waals surface area contributed by atoms with Gasteiger partial charge in [0.15, 0.2) is 0 Å².